The number of unbranched alkanes of at least 4 members (excludes halogenated alkanes) is 3. The van der Waals surface area contributed by atoms with Crippen LogP contribution < -0.4 is 0 Å². The Bertz CT molecular complexity index is 1170. The summed E-state index contributed by atoms with van der Waals surface area (Å²) in [7, 11) is 0. The molecule has 0 atom stereocenters. The highest BCUT2D eigenvalue weighted by Gasteiger charge is 2.20. The first-order valence-electron chi connectivity index (χ1n) is 12.2. The molecule has 0 radical (unpaired) electrons. The number of benzene rings is 3. The van der Waals surface area contributed by atoms with Gasteiger partial charge in [-0.15, -0.1) is 0 Å². The zero-order chi connectivity index (χ0) is 23.6. The minimum absolute atomic E-state index is 0.0951. The molecule has 0 amide bonds. The van der Waals surface area contributed by atoms with Gasteiger partial charge in [0.2, 0.25) is 0 Å². The van der Waals surface area contributed by atoms with Gasteiger partial charge in [0.25, 0.3) is 0 Å². The molecule has 174 valence electrons. The predicted octanol–water partition coefficient (Wildman–Crippen LogP) is 7.40. The van der Waals surface area contributed by atoms with Gasteiger partial charge in [0.1, 0.15) is 5.82 Å². The highest BCUT2D eigenvalue weighted by molar-refractivity contribution is 5.82. The quantitative estimate of drug-likeness (QED) is 0.176. The van der Waals surface area contributed by atoms with E-state index in [1.807, 2.05) is 25.1 Å². The van der Waals surface area contributed by atoms with E-state index in [9.17, 15) is 4.79 Å². The summed E-state index contributed by atoms with van der Waals surface area (Å²) in [6.45, 7) is 3.17. The minimum atomic E-state index is -0.0951. The summed E-state index contributed by atoms with van der Waals surface area (Å²) < 4.78 is 7.41. The fraction of sp³-hybridized carbons (Fsp3) is 0.267. The molecule has 1 aromatic heterocycles. The molecule has 0 aliphatic rings. The van der Waals surface area contributed by atoms with Crippen LogP contribution in [0.25, 0.3) is 33.9 Å². The molecule has 4 rings (SSSR count). The molecule has 4 aromatic rings. The third kappa shape index (κ3) is 5.82. The van der Waals surface area contributed by atoms with E-state index >= 15 is 0 Å². The van der Waals surface area contributed by atoms with Crippen molar-refractivity contribution in [3.8, 4) is 33.9 Å². The van der Waals surface area contributed by atoms with Crippen LogP contribution in [-0.4, -0.2) is 22.1 Å². The Morgan fingerprint density at radius 2 is 1.29 bits per heavy atom. The van der Waals surface area contributed by atoms with Gasteiger partial charge in [-0.3, -0.25) is 4.79 Å². The summed E-state index contributed by atoms with van der Waals surface area (Å²) >= 11 is 0. The second-order valence-corrected chi connectivity index (χ2v) is 8.35. The van der Waals surface area contributed by atoms with Crippen molar-refractivity contribution in [2.75, 3.05) is 6.61 Å². The van der Waals surface area contributed by atoms with Crippen LogP contribution >= 0.6 is 0 Å². The molecule has 34 heavy (non-hydrogen) atoms. The number of carbonyl (C=O) groups is 1. The molecule has 0 unspecified atom stereocenters. The average Bonchev–Trinajstić information content (AvgIpc) is 3.27. The van der Waals surface area contributed by atoms with E-state index in [1.165, 1.54) is 5.56 Å². The standard InChI is InChI=1S/C30H32N2O2/c1-2-34-27(33)22-14-3-4-15-23-32-29(25-18-10-6-11-19-25)28(24-16-8-5-9-17-24)31-30(32)26-20-12-7-13-21-26/h5-13,16-21H,2-4,14-15,22-23H2,1H3. The molecule has 3 aromatic carbocycles. The number of hydrogen-bond acceptors (Lipinski definition) is 3. The lowest BCUT2D eigenvalue weighted by molar-refractivity contribution is -0.143. The Kier molecular flexibility index (Phi) is 8.28. The number of hydrogen-bond donors (Lipinski definition) is 0. The zero-order valence-corrected chi connectivity index (χ0v) is 19.8. The maximum Gasteiger partial charge on any atom is 0.305 e. The van der Waals surface area contributed by atoms with E-state index in [2.05, 4.69) is 77.4 Å². The van der Waals surface area contributed by atoms with Crippen LogP contribution in [0, 0.1) is 0 Å². The van der Waals surface area contributed by atoms with Gasteiger partial charge in [0.05, 0.1) is 18.0 Å². The van der Waals surface area contributed by atoms with Gasteiger partial charge < -0.3 is 9.30 Å². The van der Waals surface area contributed by atoms with Gasteiger partial charge in [0.15, 0.2) is 0 Å². The number of esters is 1. The molecule has 0 N–H and O–H groups in total. The van der Waals surface area contributed by atoms with E-state index in [0.29, 0.717) is 13.0 Å². The smallest absolute Gasteiger partial charge is 0.305 e. The van der Waals surface area contributed by atoms with Crippen LogP contribution in [0.2, 0.25) is 0 Å². The Morgan fingerprint density at radius 3 is 1.91 bits per heavy atom. The fourth-order valence-electron chi connectivity index (χ4n) is 4.29. The van der Waals surface area contributed by atoms with E-state index in [-0.39, 0.29) is 5.97 Å². The molecule has 4 nitrogen and oxygen atoms in total. The van der Waals surface area contributed by atoms with Gasteiger partial charge in [0, 0.05) is 29.7 Å². The highest BCUT2D eigenvalue weighted by Crippen LogP contribution is 2.36. The Balaban J connectivity index is 1.64. The van der Waals surface area contributed by atoms with Crippen molar-refractivity contribution in [3.05, 3.63) is 91.0 Å². The summed E-state index contributed by atoms with van der Waals surface area (Å²) in [5.74, 6) is 0.896. The average molecular weight is 453 g/mol. The Labute approximate surface area is 202 Å². The molecule has 0 saturated carbocycles. The van der Waals surface area contributed by atoms with E-state index in [0.717, 1.165) is 60.6 Å². The second kappa shape index (κ2) is 12.0. The van der Waals surface area contributed by atoms with Crippen molar-refractivity contribution in [3.63, 3.8) is 0 Å². The highest BCUT2D eigenvalue weighted by atomic mass is 16.5. The van der Waals surface area contributed by atoms with E-state index in [1.54, 1.807) is 0 Å². The van der Waals surface area contributed by atoms with Crippen LogP contribution in [0.5, 0.6) is 0 Å². The van der Waals surface area contributed by atoms with Gasteiger partial charge in [-0.2, -0.15) is 0 Å². The SMILES string of the molecule is CCOC(=O)CCCCCCn1c(-c2ccccc2)nc(-c2ccccc2)c1-c1ccccc1. The molecule has 0 spiro atoms. The molecule has 0 saturated heterocycles. The van der Waals surface area contributed by atoms with Crippen LogP contribution in [0.1, 0.15) is 39.0 Å². The number of imidazole rings is 1. The summed E-state index contributed by atoms with van der Waals surface area (Å²) in [5, 5.41) is 0. The lowest BCUT2D eigenvalue weighted by atomic mass is 10.0. The molecule has 0 bridgehead atoms. The first kappa shape index (κ1) is 23.5. The number of rotatable bonds is 11. The summed E-state index contributed by atoms with van der Waals surface area (Å²) in [4.78, 5) is 16.8. The predicted molar refractivity (Wildman–Crippen MR) is 138 cm³/mol. The van der Waals surface area contributed by atoms with E-state index < -0.39 is 0 Å². The molecule has 0 aliphatic carbocycles. The van der Waals surface area contributed by atoms with Crippen LogP contribution in [0.3, 0.4) is 0 Å². The normalized spacial score (nSPS) is 10.9. The summed E-state index contributed by atoms with van der Waals surface area (Å²) in [6, 6.07) is 31.4. The van der Waals surface area contributed by atoms with Crippen LogP contribution in [-0.2, 0) is 16.1 Å². The summed E-state index contributed by atoms with van der Waals surface area (Å²) in [6.07, 6.45) is 4.46. The lowest BCUT2D eigenvalue weighted by Gasteiger charge is -2.13. The zero-order valence-electron chi connectivity index (χ0n) is 19.8. The third-order valence-corrected chi connectivity index (χ3v) is 5.91. The molecular formula is C30H32N2O2. The monoisotopic (exact) mass is 452 g/mol. The van der Waals surface area contributed by atoms with Crippen molar-refractivity contribution in [2.24, 2.45) is 0 Å². The van der Waals surface area contributed by atoms with Crippen molar-refractivity contribution < 1.29 is 9.53 Å². The van der Waals surface area contributed by atoms with Crippen molar-refractivity contribution in [2.45, 2.75) is 45.6 Å². The Hall–Kier alpha value is -3.66. The third-order valence-electron chi connectivity index (χ3n) is 5.91. The molecular weight excluding hydrogens is 420 g/mol. The van der Waals surface area contributed by atoms with E-state index in [4.69, 9.17) is 9.72 Å². The molecule has 0 fully saturated rings. The van der Waals surface area contributed by atoms with Crippen molar-refractivity contribution >= 4 is 5.97 Å². The number of aromatic nitrogens is 2. The van der Waals surface area contributed by atoms with Crippen molar-refractivity contribution in [1.29, 1.82) is 0 Å². The van der Waals surface area contributed by atoms with Gasteiger partial charge in [-0.1, -0.05) is 104 Å². The minimum Gasteiger partial charge on any atom is -0.466 e. The largest absolute Gasteiger partial charge is 0.466 e. The lowest BCUT2D eigenvalue weighted by Crippen LogP contribution is -2.04. The van der Waals surface area contributed by atoms with Gasteiger partial charge in [-0.25, -0.2) is 4.98 Å². The van der Waals surface area contributed by atoms with Gasteiger partial charge in [-0.05, 0) is 19.8 Å². The van der Waals surface area contributed by atoms with Crippen molar-refractivity contribution in [1.82, 2.24) is 9.55 Å². The van der Waals surface area contributed by atoms with Crippen LogP contribution in [0.4, 0.5) is 0 Å². The molecule has 1 heterocycles. The molecule has 0 aliphatic heterocycles. The fourth-order valence-corrected chi connectivity index (χ4v) is 4.29. The first-order chi connectivity index (χ1) is 16.8. The van der Waals surface area contributed by atoms with Crippen LogP contribution in [0.15, 0.2) is 91.0 Å². The van der Waals surface area contributed by atoms with Gasteiger partial charge >= 0.3 is 5.97 Å². The number of carbonyl (C=O) groups excluding carboxylic acids is 1. The topological polar surface area (TPSA) is 44.1 Å². The number of nitrogens with zero attached hydrogens (tertiary/aromatic N) is 2. The maximum absolute atomic E-state index is 11.6. The first-order valence-corrected chi connectivity index (χ1v) is 12.2. The summed E-state index contributed by atoms with van der Waals surface area (Å²) in [5.41, 5.74) is 5.55. The second-order valence-electron chi connectivity index (χ2n) is 8.35. The Morgan fingerprint density at radius 1 is 0.735 bits per heavy atom. The maximum atomic E-state index is 11.6. The number of ether oxygens (including phenoxy) is 1. The molecule has 4 heteroatoms.